The maximum atomic E-state index is 13.0. The van der Waals surface area contributed by atoms with Crippen molar-refractivity contribution in [1.82, 2.24) is 14.5 Å². The number of para-hydroxylation sites is 1. The molecule has 2 fully saturated rings. The number of carbonyl (C=O) groups excluding carboxylic acids is 2. The van der Waals surface area contributed by atoms with Gasteiger partial charge in [0.05, 0.1) is 6.54 Å². The number of piperazine rings is 1. The van der Waals surface area contributed by atoms with Gasteiger partial charge in [0.25, 0.3) is 5.91 Å². The molecular weight excluding hydrogens is 468 g/mol. The standard InChI is InChI=1S/C21H26N4O4S3/c26-19(24-9-7-23(8-10-24)17-4-2-1-3-5-17)16-22-21(27)20-18(6-13-31-20)32(28,29)25-11-14-30-15-12-25/h1-6,13H,7-12,14-16H2,(H,22,27). The molecule has 11 heteroatoms. The minimum Gasteiger partial charge on any atom is -0.368 e. The minimum atomic E-state index is -3.72. The third-order valence-electron chi connectivity index (χ3n) is 5.58. The van der Waals surface area contributed by atoms with Gasteiger partial charge in [-0.25, -0.2) is 8.42 Å². The number of hydrogen-bond acceptors (Lipinski definition) is 7. The molecule has 8 nitrogen and oxygen atoms in total. The van der Waals surface area contributed by atoms with Crippen LogP contribution in [0.5, 0.6) is 0 Å². The third kappa shape index (κ3) is 5.11. The van der Waals surface area contributed by atoms with Crippen molar-refractivity contribution in [3.8, 4) is 0 Å². The second kappa shape index (κ2) is 10.2. The third-order valence-corrected chi connectivity index (χ3v) is 9.50. The fourth-order valence-electron chi connectivity index (χ4n) is 3.79. The molecule has 172 valence electrons. The molecule has 0 saturated carbocycles. The van der Waals surface area contributed by atoms with Crippen molar-refractivity contribution in [2.45, 2.75) is 4.90 Å². The Bertz CT molecular complexity index is 1040. The van der Waals surface area contributed by atoms with Crippen molar-refractivity contribution in [1.29, 1.82) is 0 Å². The number of thioether (sulfide) groups is 1. The van der Waals surface area contributed by atoms with Gasteiger partial charge in [-0.3, -0.25) is 9.59 Å². The van der Waals surface area contributed by atoms with Crippen LogP contribution in [0.3, 0.4) is 0 Å². The van der Waals surface area contributed by atoms with Crippen molar-refractivity contribution in [3.05, 3.63) is 46.7 Å². The Labute approximate surface area is 196 Å². The predicted octanol–water partition coefficient (Wildman–Crippen LogP) is 1.56. The molecule has 2 aliphatic rings. The number of carbonyl (C=O) groups is 2. The van der Waals surface area contributed by atoms with Gasteiger partial charge in [-0.15, -0.1) is 11.3 Å². The van der Waals surface area contributed by atoms with Gasteiger partial charge < -0.3 is 15.1 Å². The Morgan fingerprint density at radius 2 is 1.62 bits per heavy atom. The molecule has 2 aromatic rings. The van der Waals surface area contributed by atoms with E-state index in [0.717, 1.165) is 41.6 Å². The zero-order valence-corrected chi connectivity index (χ0v) is 20.1. The lowest BCUT2D eigenvalue weighted by Crippen LogP contribution is -2.51. The number of nitrogens with one attached hydrogen (secondary N) is 1. The van der Waals surface area contributed by atoms with Crippen LogP contribution in [0.15, 0.2) is 46.7 Å². The summed E-state index contributed by atoms with van der Waals surface area (Å²) >= 11 is 2.80. The zero-order valence-electron chi connectivity index (χ0n) is 17.6. The number of thiophene rings is 1. The Kier molecular flexibility index (Phi) is 7.39. The lowest BCUT2D eigenvalue weighted by molar-refractivity contribution is -0.130. The maximum absolute atomic E-state index is 13.0. The monoisotopic (exact) mass is 494 g/mol. The Morgan fingerprint density at radius 1 is 0.938 bits per heavy atom. The molecule has 0 bridgehead atoms. The summed E-state index contributed by atoms with van der Waals surface area (Å²) in [7, 11) is -3.72. The van der Waals surface area contributed by atoms with Crippen molar-refractivity contribution >= 4 is 50.6 Å². The molecule has 4 rings (SSSR count). The highest BCUT2D eigenvalue weighted by atomic mass is 32.2. The van der Waals surface area contributed by atoms with Gasteiger partial charge in [0.2, 0.25) is 15.9 Å². The van der Waals surface area contributed by atoms with Crippen LogP contribution >= 0.6 is 23.1 Å². The van der Waals surface area contributed by atoms with E-state index in [9.17, 15) is 18.0 Å². The van der Waals surface area contributed by atoms with Gasteiger partial charge in [-0.1, -0.05) is 18.2 Å². The number of anilines is 1. The molecule has 0 spiro atoms. The molecule has 0 radical (unpaired) electrons. The molecule has 2 amide bonds. The molecule has 1 aromatic carbocycles. The molecule has 1 N–H and O–H groups in total. The molecule has 2 saturated heterocycles. The molecular formula is C21H26N4O4S3. The van der Waals surface area contributed by atoms with Gasteiger partial charge in [-0.2, -0.15) is 16.1 Å². The van der Waals surface area contributed by atoms with Crippen molar-refractivity contribution in [2.24, 2.45) is 0 Å². The summed E-state index contributed by atoms with van der Waals surface area (Å²) in [6, 6.07) is 11.5. The molecule has 0 atom stereocenters. The first-order valence-electron chi connectivity index (χ1n) is 10.5. The summed E-state index contributed by atoms with van der Waals surface area (Å²) < 4.78 is 27.4. The lowest BCUT2D eigenvalue weighted by Gasteiger charge is -2.36. The summed E-state index contributed by atoms with van der Waals surface area (Å²) in [5.74, 6) is 0.801. The van der Waals surface area contributed by atoms with Crippen molar-refractivity contribution in [2.75, 3.05) is 62.2 Å². The van der Waals surface area contributed by atoms with Crippen LogP contribution in [0.2, 0.25) is 0 Å². The van der Waals surface area contributed by atoms with Gasteiger partial charge in [0.15, 0.2) is 0 Å². The first-order valence-corrected chi connectivity index (χ1v) is 14.0. The minimum absolute atomic E-state index is 0.0239. The number of nitrogens with zero attached hydrogens (tertiary/aromatic N) is 3. The fourth-order valence-corrected chi connectivity index (χ4v) is 7.69. The quantitative estimate of drug-likeness (QED) is 0.656. The van der Waals surface area contributed by atoms with E-state index in [-0.39, 0.29) is 22.2 Å². The largest absolute Gasteiger partial charge is 0.368 e. The summed E-state index contributed by atoms with van der Waals surface area (Å²) in [6.45, 7) is 3.34. The second-order valence-electron chi connectivity index (χ2n) is 7.52. The number of hydrogen-bond donors (Lipinski definition) is 1. The smallest absolute Gasteiger partial charge is 0.263 e. The second-order valence-corrected chi connectivity index (χ2v) is 11.6. The van der Waals surface area contributed by atoms with Crippen molar-refractivity contribution < 1.29 is 18.0 Å². The average molecular weight is 495 g/mol. The zero-order chi connectivity index (χ0) is 22.6. The highest BCUT2D eigenvalue weighted by molar-refractivity contribution is 7.99. The van der Waals surface area contributed by atoms with Gasteiger partial charge >= 0.3 is 0 Å². The summed E-state index contributed by atoms with van der Waals surface area (Å²) in [5, 5.41) is 4.22. The van der Waals surface area contributed by atoms with Gasteiger partial charge in [-0.05, 0) is 23.6 Å². The van der Waals surface area contributed by atoms with Crippen LogP contribution < -0.4 is 10.2 Å². The normalized spacial score (nSPS) is 17.9. The lowest BCUT2D eigenvalue weighted by atomic mass is 10.2. The van der Waals surface area contributed by atoms with E-state index in [4.69, 9.17) is 0 Å². The van der Waals surface area contributed by atoms with Crippen LogP contribution in [-0.2, 0) is 14.8 Å². The van der Waals surface area contributed by atoms with E-state index in [1.165, 1.54) is 10.4 Å². The van der Waals surface area contributed by atoms with Crippen LogP contribution in [0, 0.1) is 0 Å². The van der Waals surface area contributed by atoms with E-state index < -0.39 is 15.9 Å². The van der Waals surface area contributed by atoms with E-state index in [1.54, 1.807) is 22.0 Å². The summed E-state index contributed by atoms with van der Waals surface area (Å²) in [4.78, 5) is 29.4. The van der Waals surface area contributed by atoms with E-state index in [1.807, 2.05) is 30.3 Å². The van der Waals surface area contributed by atoms with Crippen LogP contribution in [0.1, 0.15) is 9.67 Å². The molecule has 2 aliphatic heterocycles. The molecule has 0 unspecified atom stereocenters. The van der Waals surface area contributed by atoms with Gasteiger partial charge in [0, 0.05) is 56.5 Å². The number of rotatable bonds is 6. The SMILES string of the molecule is O=C(NCC(=O)N1CCN(c2ccccc2)CC1)c1sccc1S(=O)(=O)N1CCSCC1. The highest BCUT2D eigenvalue weighted by Gasteiger charge is 2.31. The topological polar surface area (TPSA) is 90.0 Å². The molecule has 1 aromatic heterocycles. The van der Waals surface area contributed by atoms with E-state index in [0.29, 0.717) is 26.2 Å². The summed E-state index contributed by atoms with van der Waals surface area (Å²) in [6.07, 6.45) is 0. The number of benzene rings is 1. The van der Waals surface area contributed by atoms with E-state index >= 15 is 0 Å². The Balaban J connectivity index is 1.32. The van der Waals surface area contributed by atoms with E-state index in [2.05, 4.69) is 10.2 Å². The Hall–Kier alpha value is -2.08. The average Bonchev–Trinajstić information content (AvgIpc) is 3.35. The van der Waals surface area contributed by atoms with Crippen LogP contribution in [0.25, 0.3) is 0 Å². The van der Waals surface area contributed by atoms with Gasteiger partial charge in [0.1, 0.15) is 9.77 Å². The first kappa shape index (κ1) is 23.1. The van der Waals surface area contributed by atoms with Crippen molar-refractivity contribution in [3.63, 3.8) is 0 Å². The van der Waals surface area contributed by atoms with Crippen LogP contribution in [-0.4, -0.2) is 86.8 Å². The first-order chi connectivity index (χ1) is 15.5. The summed E-state index contributed by atoms with van der Waals surface area (Å²) in [5.41, 5.74) is 1.13. The van der Waals surface area contributed by atoms with Crippen LogP contribution in [0.4, 0.5) is 5.69 Å². The molecule has 0 aliphatic carbocycles. The maximum Gasteiger partial charge on any atom is 0.263 e. The number of amides is 2. The number of sulfonamides is 1. The molecule has 32 heavy (non-hydrogen) atoms. The predicted molar refractivity (Wildman–Crippen MR) is 128 cm³/mol. The molecule has 3 heterocycles. The highest BCUT2D eigenvalue weighted by Crippen LogP contribution is 2.27. The fraction of sp³-hybridized carbons (Fsp3) is 0.429. The Morgan fingerprint density at radius 3 is 2.31 bits per heavy atom.